The lowest BCUT2D eigenvalue weighted by atomic mass is 9.99. The number of anilines is 2. The van der Waals surface area contributed by atoms with Crippen LogP contribution in [0.25, 0.3) is 0 Å². The maximum absolute atomic E-state index is 11.7. The molecule has 2 amide bonds. The molecule has 2 N–H and O–H groups in total. The van der Waals surface area contributed by atoms with Gasteiger partial charge < -0.3 is 15.5 Å². The first kappa shape index (κ1) is 16.3. The fourth-order valence-corrected chi connectivity index (χ4v) is 2.53. The van der Waals surface area contributed by atoms with E-state index in [1.165, 1.54) is 18.5 Å². The number of carbonyl (C=O) groups excluding carboxylic acids is 2. The van der Waals surface area contributed by atoms with Crippen molar-refractivity contribution in [2.45, 2.75) is 33.1 Å². The van der Waals surface area contributed by atoms with Crippen molar-refractivity contribution in [3.63, 3.8) is 0 Å². The molecule has 120 valence electrons. The predicted octanol–water partition coefficient (Wildman–Crippen LogP) is 2.39. The molecule has 0 spiro atoms. The van der Waals surface area contributed by atoms with E-state index in [1.54, 1.807) is 0 Å². The Morgan fingerprint density at radius 3 is 2.36 bits per heavy atom. The molecule has 0 atom stereocenters. The van der Waals surface area contributed by atoms with Crippen LogP contribution in [0.3, 0.4) is 0 Å². The zero-order valence-corrected chi connectivity index (χ0v) is 13.4. The number of hydrogen-bond donors (Lipinski definition) is 2. The van der Waals surface area contributed by atoms with Crippen molar-refractivity contribution in [3.05, 3.63) is 24.3 Å². The number of rotatable bonds is 4. The molecule has 1 aromatic carbocycles. The summed E-state index contributed by atoms with van der Waals surface area (Å²) in [5, 5.41) is 5.18. The summed E-state index contributed by atoms with van der Waals surface area (Å²) >= 11 is 0. The molecular formula is C17H25N3O2. The molecule has 2 rings (SSSR count). The molecule has 1 heterocycles. The Morgan fingerprint density at radius 2 is 1.77 bits per heavy atom. The topological polar surface area (TPSA) is 61.4 Å². The van der Waals surface area contributed by atoms with Crippen molar-refractivity contribution in [3.8, 4) is 0 Å². The minimum atomic E-state index is -0.618. The second-order valence-electron chi connectivity index (χ2n) is 5.93. The summed E-state index contributed by atoms with van der Waals surface area (Å²) in [5.41, 5.74) is 1.81. The van der Waals surface area contributed by atoms with E-state index in [0.717, 1.165) is 25.4 Å². The summed E-state index contributed by atoms with van der Waals surface area (Å²) in [6.45, 7) is 6.90. The molecule has 0 aliphatic carbocycles. The smallest absolute Gasteiger partial charge is 0.313 e. The van der Waals surface area contributed by atoms with Crippen LogP contribution >= 0.6 is 0 Å². The van der Waals surface area contributed by atoms with Crippen molar-refractivity contribution >= 4 is 23.2 Å². The number of amides is 2. The molecule has 1 aliphatic rings. The Hall–Kier alpha value is -2.04. The van der Waals surface area contributed by atoms with E-state index >= 15 is 0 Å². The molecule has 5 nitrogen and oxygen atoms in total. The van der Waals surface area contributed by atoms with E-state index in [1.807, 2.05) is 31.2 Å². The monoisotopic (exact) mass is 303 g/mol. The molecule has 0 unspecified atom stereocenters. The Balaban J connectivity index is 1.89. The highest BCUT2D eigenvalue weighted by Gasteiger charge is 2.16. The molecule has 5 heteroatoms. The first-order valence-electron chi connectivity index (χ1n) is 8.04. The van der Waals surface area contributed by atoms with Crippen molar-refractivity contribution in [2.75, 3.05) is 29.9 Å². The molecule has 0 aromatic heterocycles. The fourth-order valence-electron chi connectivity index (χ4n) is 2.53. The number of nitrogens with zero attached hydrogens (tertiary/aromatic N) is 1. The van der Waals surface area contributed by atoms with E-state index in [4.69, 9.17) is 0 Å². The van der Waals surface area contributed by atoms with Gasteiger partial charge in [0, 0.05) is 31.0 Å². The standard InChI is InChI=1S/C17H25N3O2/c1-3-10-18-16(21)17(22)19-14-4-6-15(7-5-14)20-11-8-13(2)9-12-20/h4-7,13H,3,8-12H2,1-2H3,(H,18,21)(H,19,22). The van der Waals surface area contributed by atoms with Crippen LogP contribution in [0.4, 0.5) is 11.4 Å². The van der Waals surface area contributed by atoms with Gasteiger partial charge in [0.25, 0.3) is 0 Å². The third-order valence-electron chi connectivity index (χ3n) is 4.02. The van der Waals surface area contributed by atoms with E-state index in [-0.39, 0.29) is 0 Å². The van der Waals surface area contributed by atoms with Gasteiger partial charge in [0.15, 0.2) is 0 Å². The van der Waals surface area contributed by atoms with Gasteiger partial charge in [0.1, 0.15) is 0 Å². The first-order valence-corrected chi connectivity index (χ1v) is 8.04. The zero-order chi connectivity index (χ0) is 15.9. The van der Waals surface area contributed by atoms with Crippen LogP contribution in [0, 0.1) is 5.92 Å². The van der Waals surface area contributed by atoms with Gasteiger partial charge in [-0.1, -0.05) is 13.8 Å². The average molecular weight is 303 g/mol. The molecule has 22 heavy (non-hydrogen) atoms. The zero-order valence-electron chi connectivity index (χ0n) is 13.4. The number of nitrogens with one attached hydrogen (secondary N) is 2. The van der Waals surface area contributed by atoms with E-state index in [0.29, 0.717) is 12.2 Å². The SMILES string of the molecule is CCCNC(=O)C(=O)Nc1ccc(N2CCC(C)CC2)cc1. The Labute approximate surface area is 132 Å². The minimum Gasteiger partial charge on any atom is -0.372 e. The van der Waals surface area contributed by atoms with Gasteiger partial charge in [-0.15, -0.1) is 0 Å². The molecule has 1 aromatic rings. The van der Waals surface area contributed by atoms with Crippen molar-refractivity contribution < 1.29 is 9.59 Å². The average Bonchev–Trinajstić information content (AvgIpc) is 2.54. The van der Waals surface area contributed by atoms with Gasteiger partial charge in [-0.2, -0.15) is 0 Å². The van der Waals surface area contributed by atoms with E-state index in [2.05, 4.69) is 22.5 Å². The predicted molar refractivity (Wildman–Crippen MR) is 89.0 cm³/mol. The summed E-state index contributed by atoms with van der Waals surface area (Å²) in [6.07, 6.45) is 3.24. The van der Waals surface area contributed by atoms with Gasteiger partial charge in [-0.3, -0.25) is 9.59 Å². The minimum absolute atomic E-state index is 0.512. The van der Waals surface area contributed by atoms with Gasteiger partial charge in [0.05, 0.1) is 0 Å². The number of carbonyl (C=O) groups is 2. The lowest BCUT2D eigenvalue weighted by Gasteiger charge is -2.32. The molecule has 0 radical (unpaired) electrons. The quantitative estimate of drug-likeness (QED) is 0.840. The van der Waals surface area contributed by atoms with Crippen molar-refractivity contribution in [1.82, 2.24) is 5.32 Å². The molecule has 1 fully saturated rings. The van der Waals surface area contributed by atoms with Crippen LogP contribution in [0.1, 0.15) is 33.1 Å². The summed E-state index contributed by atoms with van der Waals surface area (Å²) < 4.78 is 0. The fraction of sp³-hybridized carbons (Fsp3) is 0.529. The summed E-state index contributed by atoms with van der Waals surface area (Å²) in [4.78, 5) is 25.6. The van der Waals surface area contributed by atoms with Gasteiger partial charge in [-0.05, 0) is 49.4 Å². The lowest BCUT2D eigenvalue weighted by molar-refractivity contribution is -0.136. The van der Waals surface area contributed by atoms with Crippen LogP contribution in [0.15, 0.2) is 24.3 Å². The summed E-state index contributed by atoms with van der Waals surface area (Å²) in [6, 6.07) is 7.68. The number of benzene rings is 1. The third-order valence-corrected chi connectivity index (χ3v) is 4.02. The lowest BCUT2D eigenvalue weighted by Crippen LogP contribution is -2.35. The third kappa shape index (κ3) is 4.48. The van der Waals surface area contributed by atoms with Gasteiger partial charge >= 0.3 is 11.8 Å². The molecular weight excluding hydrogens is 278 g/mol. The summed E-state index contributed by atoms with van der Waals surface area (Å²) in [5.74, 6) is -0.402. The van der Waals surface area contributed by atoms with Crippen LogP contribution < -0.4 is 15.5 Å². The van der Waals surface area contributed by atoms with Crippen LogP contribution in [-0.4, -0.2) is 31.4 Å². The van der Waals surface area contributed by atoms with Crippen molar-refractivity contribution in [2.24, 2.45) is 5.92 Å². The highest BCUT2D eigenvalue weighted by Crippen LogP contribution is 2.24. The Bertz CT molecular complexity index is 505. The van der Waals surface area contributed by atoms with Gasteiger partial charge in [0.2, 0.25) is 0 Å². The van der Waals surface area contributed by atoms with E-state index < -0.39 is 11.8 Å². The largest absolute Gasteiger partial charge is 0.372 e. The maximum atomic E-state index is 11.7. The Kier molecular flexibility index (Phi) is 5.81. The molecule has 0 bridgehead atoms. The summed E-state index contributed by atoms with van der Waals surface area (Å²) in [7, 11) is 0. The van der Waals surface area contributed by atoms with Gasteiger partial charge in [-0.25, -0.2) is 0 Å². The number of piperidine rings is 1. The van der Waals surface area contributed by atoms with Crippen LogP contribution in [-0.2, 0) is 9.59 Å². The van der Waals surface area contributed by atoms with E-state index in [9.17, 15) is 9.59 Å². The second-order valence-corrected chi connectivity index (χ2v) is 5.93. The van der Waals surface area contributed by atoms with Crippen LogP contribution in [0.5, 0.6) is 0 Å². The Morgan fingerprint density at radius 1 is 1.14 bits per heavy atom. The molecule has 0 saturated carbocycles. The van der Waals surface area contributed by atoms with Crippen LogP contribution in [0.2, 0.25) is 0 Å². The molecule has 1 aliphatic heterocycles. The number of hydrogen-bond acceptors (Lipinski definition) is 3. The van der Waals surface area contributed by atoms with Crippen molar-refractivity contribution in [1.29, 1.82) is 0 Å². The second kappa shape index (κ2) is 7.82. The molecule has 1 saturated heterocycles. The maximum Gasteiger partial charge on any atom is 0.313 e. The normalized spacial score (nSPS) is 15.5. The highest BCUT2D eigenvalue weighted by atomic mass is 16.2. The first-order chi connectivity index (χ1) is 10.6. The highest BCUT2D eigenvalue weighted by molar-refractivity contribution is 6.39.